The monoisotopic (exact) mass is 439 g/mol. The third-order valence-electron chi connectivity index (χ3n) is 5.57. The average Bonchev–Trinajstić information content (AvgIpc) is 3.24. The number of nitrogens with one attached hydrogen (secondary N) is 1. The minimum absolute atomic E-state index is 0.0265. The summed E-state index contributed by atoms with van der Waals surface area (Å²) in [5, 5.41) is 17.9. The highest BCUT2D eigenvalue weighted by atomic mass is 19.1. The highest BCUT2D eigenvalue weighted by Crippen LogP contribution is 2.27. The van der Waals surface area contributed by atoms with Crippen LogP contribution in [0.15, 0.2) is 47.0 Å². The van der Waals surface area contributed by atoms with E-state index in [1.165, 1.54) is 18.2 Å². The average molecular weight is 439 g/mol. The third kappa shape index (κ3) is 4.80. The van der Waals surface area contributed by atoms with Crippen molar-refractivity contribution in [2.75, 3.05) is 18.4 Å². The van der Waals surface area contributed by atoms with Crippen LogP contribution < -0.4 is 5.32 Å². The van der Waals surface area contributed by atoms with Crippen molar-refractivity contribution in [2.45, 2.75) is 26.3 Å². The second-order valence-electron chi connectivity index (χ2n) is 7.79. The van der Waals surface area contributed by atoms with E-state index in [-0.39, 0.29) is 23.3 Å². The Kier molecular flexibility index (Phi) is 6.22. The fourth-order valence-corrected chi connectivity index (χ4v) is 3.83. The number of amides is 1. The first kappa shape index (κ1) is 21.6. The number of nitrogens with zero attached hydrogens (tertiary/aromatic N) is 4. The van der Waals surface area contributed by atoms with Gasteiger partial charge >= 0.3 is 0 Å². The molecule has 1 N–H and O–H groups in total. The van der Waals surface area contributed by atoms with E-state index in [1.807, 2.05) is 0 Å². The lowest BCUT2D eigenvalue weighted by Gasteiger charge is -2.31. The standard InChI is InChI=1S/C22H22FN5O4/c1-14-18(5-2-6-19(14)28(30)31)24-22(29)16-4-3-11-27(12-16)13-20-25-21(26-32-20)15-7-9-17(23)10-8-15/h2,5-10,16H,3-4,11-13H2,1H3,(H,24,29). The largest absolute Gasteiger partial charge is 0.338 e. The Balaban J connectivity index is 1.38. The second-order valence-corrected chi connectivity index (χ2v) is 7.79. The maximum absolute atomic E-state index is 13.1. The summed E-state index contributed by atoms with van der Waals surface area (Å²) in [5.74, 6) is 0.0282. The van der Waals surface area contributed by atoms with Crippen LogP contribution in [0.3, 0.4) is 0 Å². The Morgan fingerprint density at radius 3 is 2.84 bits per heavy atom. The summed E-state index contributed by atoms with van der Waals surface area (Å²) in [6, 6.07) is 10.5. The van der Waals surface area contributed by atoms with Gasteiger partial charge in [0.1, 0.15) is 5.82 Å². The number of carbonyl (C=O) groups is 1. The molecule has 166 valence electrons. The van der Waals surface area contributed by atoms with E-state index < -0.39 is 4.92 Å². The van der Waals surface area contributed by atoms with Crippen molar-refractivity contribution in [1.82, 2.24) is 15.0 Å². The van der Waals surface area contributed by atoms with Crippen LogP contribution in [0.4, 0.5) is 15.8 Å². The highest BCUT2D eigenvalue weighted by molar-refractivity contribution is 5.94. The normalized spacial score (nSPS) is 16.6. The molecule has 32 heavy (non-hydrogen) atoms. The molecular formula is C22H22FN5O4. The number of rotatable bonds is 6. The van der Waals surface area contributed by atoms with E-state index in [0.29, 0.717) is 41.6 Å². The van der Waals surface area contributed by atoms with Crippen LogP contribution >= 0.6 is 0 Å². The molecule has 2 heterocycles. The first-order valence-corrected chi connectivity index (χ1v) is 10.3. The Morgan fingerprint density at radius 2 is 2.09 bits per heavy atom. The van der Waals surface area contributed by atoms with E-state index in [2.05, 4.69) is 20.4 Å². The van der Waals surface area contributed by atoms with Crippen LogP contribution in [0.2, 0.25) is 0 Å². The fraction of sp³-hybridized carbons (Fsp3) is 0.318. The predicted molar refractivity (Wildman–Crippen MR) is 114 cm³/mol. The third-order valence-corrected chi connectivity index (χ3v) is 5.57. The van der Waals surface area contributed by atoms with Crippen molar-refractivity contribution >= 4 is 17.3 Å². The molecule has 1 saturated heterocycles. The number of carbonyl (C=O) groups excluding carboxylic acids is 1. The quantitative estimate of drug-likeness (QED) is 0.457. The number of hydrogen-bond acceptors (Lipinski definition) is 7. The summed E-state index contributed by atoms with van der Waals surface area (Å²) in [5.41, 5.74) is 1.51. The summed E-state index contributed by atoms with van der Waals surface area (Å²) in [7, 11) is 0. The van der Waals surface area contributed by atoms with Gasteiger partial charge in [0.05, 0.1) is 28.6 Å². The summed E-state index contributed by atoms with van der Waals surface area (Å²) >= 11 is 0. The Labute approximate surface area is 183 Å². The molecule has 3 aromatic rings. The summed E-state index contributed by atoms with van der Waals surface area (Å²) in [4.78, 5) is 29.9. The lowest BCUT2D eigenvalue weighted by atomic mass is 9.97. The van der Waals surface area contributed by atoms with Gasteiger partial charge in [-0.15, -0.1) is 0 Å². The number of nitro benzene ring substituents is 1. The molecule has 0 radical (unpaired) electrons. The Morgan fingerprint density at radius 1 is 1.31 bits per heavy atom. The predicted octanol–water partition coefficient (Wildman–Crippen LogP) is 3.94. The van der Waals surface area contributed by atoms with Gasteiger partial charge in [0.2, 0.25) is 17.6 Å². The Hall–Kier alpha value is -3.66. The van der Waals surface area contributed by atoms with Crippen molar-refractivity contribution in [2.24, 2.45) is 5.92 Å². The van der Waals surface area contributed by atoms with Gasteiger partial charge in [-0.25, -0.2) is 4.39 Å². The van der Waals surface area contributed by atoms with Gasteiger partial charge in [0.25, 0.3) is 5.69 Å². The molecule has 0 bridgehead atoms. The van der Waals surface area contributed by atoms with Crippen molar-refractivity contribution in [3.63, 3.8) is 0 Å². The summed E-state index contributed by atoms with van der Waals surface area (Å²) < 4.78 is 18.4. The maximum atomic E-state index is 13.1. The van der Waals surface area contributed by atoms with Gasteiger partial charge in [-0.2, -0.15) is 4.98 Å². The van der Waals surface area contributed by atoms with Gasteiger partial charge in [0.15, 0.2) is 0 Å². The lowest BCUT2D eigenvalue weighted by molar-refractivity contribution is -0.385. The van der Waals surface area contributed by atoms with Crippen LogP contribution in [0.1, 0.15) is 24.3 Å². The number of aromatic nitrogens is 2. The van der Waals surface area contributed by atoms with E-state index in [4.69, 9.17) is 4.52 Å². The molecule has 1 aromatic heterocycles. The molecule has 2 aromatic carbocycles. The van der Waals surface area contributed by atoms with E-state index in [9.17, 15) is 19.3 Å². The smallest absolute Gasteiger partial charge is 0.274 e. The molecule has 1 atom stereocenters. The molecule has 0 aliphatic carbocycles. The maximum Gasteiger partial charge on any atom is 0.274 e. The number of anilines is 1. The first-order chi connectivity index (χ1) is 15.4. The van der Waals surface area contributed by atoms with E-state index >= 15 is 0 Å². The molecule has 4 rings (SSSR count). The topological polar surface area (TPSA) is 114 Å². The summed E-state index contributed by atoms with van der Waals surface area (Å²) in [6.45, 7) is 3.31. The number of hydrogen-bond donors (Lipinski definition) is 1. The zero-order chi connectivity index (χ0) is 22.7. The molecule has 1 amide bonds. The zero-order valence-electron chi connectivity index (χ0n) is 17.5. The van der Waals surface area contributed by atoms with Crippen LogP contribution in [-0.4, -0.2) is 39.0 Å². The minimum atomic E-state index is -0.460. The second kappa shape index (κ2) is 9.23. The Bertz CT molecular complexity index is 1130. The van der Waals surface area contributed by atoms with Crippen LogP contribution in [0.25, 0.3) is 11.4 Å². The number of nitro groups is 1. The van der Waals surface area contributed by atoms with Gasteiger partial charge in [-0.1, -0.05) is 11.2 Å². The van der Waals surface area contributed by atoms with Crippen LogP contribution in [0.5, 0.6) is 0 Å². The van der Waals surface area contributed by atoms with Crippen molar-refractivity contribution in [3.05, 3.63) is 69.9 Å². The van der Waals surface area contributed by atoms with E-state index in [0.717, 1.165) is 19.4 Å². The first-order valence-electron chi connectivity index (χ1n) is 10.3. The van der Waals surface area contributed by atoms with Gasteiger partial charge < -0.3 is 9.84 Å². The minimum Gasteiger partial charge on any atom is -0.338 e. The fourth-order valence-electron chi connectivity index (χ4n) is 3.83. The molecule has 0 spiro atoms. The van der Waals surface area contributed by atoms with Gasteiger partial charge in [-0.3, -0.25) is 19.8 Å². The summed E-state index contributed by atoms with van der Waals surface area (Å²) in [6.07, 6.45) is 1.55. The van der Waals surface area contributed by atoms with Crippen molar-refractivity contribution in [3.8, 4) is 11.4 Å². The molecule has 1 aliphatic rings. The number of piperidine rings is 1. The lowest BCUT2D eigenvalue weighted by Crippen LogP contribution is -2.40. The highest BCUT2D eigenvalue weighted by Gasteiger charge is 2.28. The number of likely N-dealkylation sites (tertiary alicyclic amines) is 1. The molecule has 1 unspecified atom stereocenters. The van der Waals surface area contributed by atoms with Crippen molar-refractivity contribution < 1.29 is 18.6 Å². The van der Waals surface area contributed by atoms with Crippen LogP contribution in [0, 0.1) is 28.8 Å². The number of benzene rings is 2. The molecular weight excluding hydrogens is 417 g/mol. The molecule has 1 aliphatic heterocycles. The van der Waals surface area contributed by atoms with Crippen molar-refractivity contribution in [1.29, 1.82) is 0 Å². The molecule has 10 heteroatoms. The van der Waals surface area contributed by atoms with E-state index in [1.54, 1.807) is 31.2 Å². The van der Waals surface area contributed by atoms with Gasteiger partial charge in [0, 0.05) is 18.2 Å². The zero-order valence-corrected chi connectivity index (χ0v) is 17.5. The van der Waals surface area contributed by atoms with Gasteiger partial charge in [-0.05, 0) is 56.6 Å². The number of halogens is 1. The molecule has 1 fully saturated rings. The molecule has 0 saturated carbocycles. The SMILES string of the molecule is Cc1c(NC(=O)C2CCCN(Cc3nc(-c4ccc(F)cc4)no3)C2)cccc1[N+](=O)[O-]. The molecule has 9 nitrogen and oxygen atoms in total. The van der Waals surface area contributed by atoms with Crippen LogP contribution in [-0.2, 0) is 11.3 Å².